The molecule has 1 amide bonds. The number of pyridine rings is 1. The van der Waals surface area contributed by atoms with Gasteiger partial charge in [0.25, 0.3) is 0 Å². The van der Waals surface area contributed by atoms with Crippen LogP contribution in [0.4, 0.5) is 0 Å². The fraction of sp³-hybridized carbons (Fsp3) is 0.333. The molecule has 0 saturated heterocycles. The second-order valence-corrected chi connectivity index (χ2v) is 6.87. The summed E-state index contributed by atoms with van der Waals surface area (Å²) in [4.78, 5) is 16.9. The highest BCUT2D eigenvalue weighted by molar-refractivity contribution is 6.35. The molecule has 2 aromatic rings. The molecule has 1 aliphatic carbocycles. The van der Waals surface area contributed by atoms with Gasteiger partial charge in [0.1, 0.15) is 0 Å². The summed E-state index contributed by atoms with van der Waals surface area (Å²) in [6.07, 6.45) is 2.17. The van der Waals surface area contributed by atoms with Gasteiger partial charge in [-0.1, -0.05) is 29.3 Å². The Balaban J connectivity index is 1.76. The van der Waals surface area contributed by atoms with E-state index in [0.717, 1.165) is 16.7 Å². The fourth-order valence-electron chi connectivity index (χ4n) is 3.15. The molecule has 0 bridgehead atoms. The SMILES string of the molecule is Cc1cc(Cl)cc(Cl)c1CNC(=O)[C@H]1CC[C@@H](O)c2ncccc21. The molecule has 0 aliphatic heterocycles. The lowest BCUT2D eigenvalue weighted by atomic mass is 9.83. The molecule has 4 nitrogen and oxygen atoms in total. The number of aromatic nitrogens is 1. The lowest BCUT2D eigenvalue weighted by Gasteiger charge is -2.27. The third-order valence-corrected chi connectivity index (χ3v) is 4.99. The number of rotatable bonds is 3. The minimum absolute atomic E-state index is 0.0819. The van der Waals surface area contributed by atoms with Crippen LogP contribution in [0, 0.1) is 6.92 Å². The summed E-state index contributed by atoms with van der Waals surface area (Å²) < 4.78 is 0. The van der Waals surface area contributed by atoms with Crippen molar-refractivity contribution in [1.29, 1.82) is 0 Å². The van der Waals surface area contributed by atoms with Gasteiger partial charge >= 0.3 is 0 Å². The number of carbonyl (C=O) groups excluding carboxylic acids is 1. The molecule has 126 valence electrons. The summed E-state index contributed by atoms with van der Waals surface area (Å²) in [5, 5.41) is 14.1. The Morgan fingerprint density at radius 1 is 1.38 bits per heavy atom. The molecule has 0 radical (unpaired) electrons. The van der Waals surface area contributed by atoms with Crippen LogP contribution in [0.25, 0.3) is 0 Å². The Bertz CT molecular complexity index is 756. The lowest BCUT2D eigenvalue weighted by Crippen LogP contribution is -2.32. The van der Waals surface area contributed by atoms with Gasteiger partial charge in [-0.05, 0) is 54.7 Å². The second kappa shape index (κ2) is 7.09. The van der Waals surface area contributed by atoms with E-state index < -0.39 is 6.10 Å². The van der Waals surface area contributed by atoms with E-state index in [4.69, 9.17) is 23.2 Å². The molecule has 1 aliphatic rings. The van der Waals surface area contributed by atoms with Crippen LogP contribution >= 0.6 is 23.2 Å². The van der Waals surface area contributed by atoms with E-state index >= 15 is 0 Å². The fourth-order valence-corrected chi connectivity index (χ4v) is 3.81. The topological polar surface area (TPSA) is 62.2 Å². The van der Waals surface area contributed by atoms with Crippen molar-refractivity contribution in [3.8, 4) is 0 Å². The summed E-state index contributed by atoms with van der Waals surface area (Å²) >= 11 is 12.2. The van der Waals surface area contributed by atoms with Crippen LogP contribution in [-0.2, 0) is 11.3 Å². The van der Waals surface area contributed by atoms with Gasteiger partial charge in [0.05, 0.1) is 17.7 Å². The number of benzene rings is 1. The Hall–Kier alpha value is -1.62. The van der Waals surface area contributed by atoms with Crippen molar-refractivity contribution in [2.45, 2.75) is 38.3 Å². The molecule has 0 unspecified atom stereocenters. The van der Waals surface area contributed by atoms with E-state index in [9.17, 15) is 9.90 Å². The quantitative estimate of drug-likeness (QED) is 0.867. The lowest BCUT2D eigenvalue weighted by molar-refractivity contribution is -0.123. The minimum atomic E-state index is -0.599. The zero-order valence-corrected chi connectivity index (χ0v) is 14.7. The summed E-state index contributed by atoms with van der Waals surface area (Å²) in [7, 11) is 0. The van der Waals surface area contributed by atoms with Gasteiger partial charge in [-0.15, -0.1) is 0 Å². The van der Waals surface area contributed by atoms with E-state index in [1.807, 2.05) is 19.1 Å². The van der Waals surface area contributed by atoms with Crippen molar-refractivity contribution in [3.05, 3.63) is 62.9 Å². The standard InChI is InChI=1S/C18H18Cl2N2O2/c1-10-7-11(19)8-15(20)14(10)9-22-18(24)13-4-5-16(23)17-12(13)3-2-6-21-17/h2-3,6-8,13,16,23H,4-5,9H2,1H3,(H,22,24)/t13-,16+/m0/s1. The van der Waals surface area contributed by atoms with Gasteiger partial charge < -0.3 is 10.4 Å². The predicted octanol–water partition coefficient (Wildman–Crippen LogP) is 3.92. The third-order valence-electron chi connectivity index (χ3n) is 4.43. The highest BCUT2D eigenvalue weighted by Gasteiger charge is 2.31. The van der Waals surface area contributed by atoms with Crippen molar-refractivity contribution >= 4 is 29.1 Å². The molecule has 1 heterocycles. The third kappa shape index (κ3) is 3.41. The van der Waals surface area contributed by atoms with Gasteiger partial charge in [0.15, 0.2) is 0 Å². The Morgan fingerprint density at radius 2 is 2.17 bits per heavy atom. The van der Waals surface area contributed by atoms with E-state index in [1.165, 1.54) is 0 Å². The molecule has 2 N–H and O–H groups in total. The van der Waals surface area contributed by atoms with Gasteiger partial charge in [-0.25, -0.2) is 0 Å². The van der Waals surface area contributed by atoms with E-state index in [1.54, 1.807) is 18.3 Å². The zero-order chi connectivity index (χ0) is 17.3. The monoisotopic (exact) mass is 364 g/mol. The molecule has 1 aromatic heterocycles. The van der Waals surface area contributed by atoms with E-state index in [-0.39, 0.29) is 11.8 Å². The Labute approximate surface area is 150 Å². The van der Waals surface area contributed by atoms with Crippen molar-refractivity contribution in [2.24, 2.45) is 0 Å². The summed E-state index contributed by atoms with van der Waals surface area (Å²) in [6.45, 7) is 2.25. The number of hydrogen-bond acceptors (Lipinski definition) is 3. The zero-order valence-electron chi connectivity index (χ0n) is 13.2. The number of fused-ring (bicyclic) bond motifs is 1. The number of halogens is 2. The Morgan fingerprint density at radius 3 is 2.92 bits per heavy atom. The summed E-state index contributed by atoms with van der Waals surface area (Å²) in [6, 6.07) is 7.14. The minimum Gasteiger partial charge on any atom is -0.387 e. The van der Waals surface area contributed by atoms with Crippen LogP contribution in [0.3, 0.4) is 0 Å². The molecule has 0 spiro atoms. The molecule has 6 heteroatoms. The number of aryl methyl sites for hydroxylation is 1. The van der Waals surface area contributed by atoms with Crippen molar-refractivity contribution in [2.75, 3.05) is 0 Å². The molecule has 0 saturated carbocycles. The van der Waals surface area contributed by atoms with Crippen LogP contribution in [0.1, 0.15) is 47.2 Å². The average Bonchev–Trinajstić information content (AvgIpc) is 2.54. The molecule has 2 atom stereocenters. The number of carbonyl (C=O) groups is 1. The molecular formula is C18H18Cl2N2O2. The number of aliphatic hydroxyl groups is 1. The van der Waals surface area contributed by atoms with Crippen LogP contribution in [0.5, 0.6) is 0 Å². The summed E-state index contributed by atoms with van der Waals surface area (Å²) in [5.74, 6) is -0.384. The van der Waals surface area contributed by atoms with Gasteiger partial charge in [-0.3, -0.25) is 9.78 Å². The number of nitrogens with one attached hydrogen (secondary N) is 1. The van der Waals surface area contributed by atoms with E-state index in [2.05, 4.69) is 10.3 Å². The number of nitrogens with zero attached hydrogens (tertiary/aromatic N) is 1. The highest BCUT2D eigenvalue weighted by Crippen LogP contribution is 2.36. The van der Waals surface area contributed by atoms with Crippen molar-refractivity contribution in [3.63, 3.8) is 0 Å². The highest BCUT2D eigenvalue weighted by atomic mass is 35.5. The van der Waals surface area contributed by atoms with Crippen LogP contribution in [-0.4, -0.2) is 16.0 Å². The molecule has 1 aromatic carbocycles. The first-order valence-corrected chi connectivity index (χ1v) is 8.58. The van der Waals surface area contributed by atoms with Gasteiger partial charge in [0.2, 0.25) is 5.91 Å². The first-order chi connectivity index (χ1) is 11.5. The van der Waals surface area contributed by atoms with Gasteiger partial charge in [-0.2, -0.15) is 0 Å². The first-order valence-electron chi connectivity index (χ1n) is 7.82. The number of amides is 1. The van der Waals surface area contributed by atoms with Crippen LogP contribution in [0.2, 0.25) is 10.0 Å². The van der Waals surface area contributed by atoms with Crippen molar-refractivity contribution in [1.82, 2.24) is 10.3 Å². The largest absolute Gasteiger partial charge is 0.387 e. The smallest absolute Gasteiger partial charge is 0.227 e. The summed E-state index contributed by atoms with van der Waals surface area (Å²) in [5.41, 5.74) is 3.20. The molecular weight excluding hydrogens is 347 g/mol. The molecule has 24 heavy (non-hydrogen) atoms. The predicted molar refractivity (Wildman–Crippen MR) is 94.2 cm³/mol. The first kappa shape index (κ1) is 17.2. The van der Waals surface area contributed by atoms with Crippen LogP contribution < -0.4 is 5.32 Å². The number of hydrogen-bond donors (Lipinski definition) is 2. The maximum Gasteiger partial charge on any atom is 0.227 e. The van der Waals surface area contributed by atoms with Gasteiger partial charge in [0, 0.05) is 22.8 Å². The second-order valence-electron chi connectivity index (χ2n) is 6.02. The Kier molecular flexibility index (Phi) is 5.09. The molecule has 0 fully saturated rings. The average molecular weight is 365 g/mol. The normalized spacial score (nSPS) is 19.7. The maximum absolute atomic E-state index is 12.6. The van der Waals surface area contributed by atoms with E-state index in [0.29, 0.717) is 35.1 Å². The van der Waals surface area contributed by atoms with Crippen molar-refractivity contribution < 1.29 is 9.90 Å². The van der Waals surface area contributed by atoms with Crippen LogP contribution in [0.15, 0.2) is 30.5 Å². The number of aliphatic hydroxyl groups excluding tert-OH is 1. The maximum atomic E-state index is 12.6. The molecule has 3 rings (SSSR count).